The van der Waals surface area contributed by atoms with Gasteiger partial charge in [0, 0.05) is 0 Å². The molecule has 5 N–H and O–H groups in total. The smallest absolute Gasteiger partial charge is 0.459 e. The topological polar surface area (TPSA) is 204 Å². The summed E-state index contributed by atoms with van der Waals surface area (Å²) in [5, 5.41) is 37.1. The molecule has 1 unspecified atom stereocenters. The lowest BCUT2D eigenvalue weighted by Crippen LogP contribution is -2.39. The Bertz CT molecular complexity index is 1270. The largest absolute Gasteiger partial charge is 0.468 e. The van der Waals surface area contributed by atoms with Crippen LogP contribution in [0.25, 0.3) is 5.52 Å². The molecule has 0 radical (unpaired) electrons. The van der Waals surface area contributed by atoms with Crippen LogP contribution in [0.2, 0.25) is 0 Å². The number of hydrogen-bond acceptors (Lipinski definition) is 12. The molecule has 0 bridgehead atoms. The Morgan fingerprint density at radius 1 is 1.28 bits per heavy atom. The number of aromatic nitrogens is 3. The Morgan fingerprint density at radius 2 is 2.00 bits per heavy atom. The number of para-hydroxylation sites is 1. The number of benzene rings is 1. The molecular formula is C21H25N6O8P. The number of carbonyl (C=O) groups is 1. The van der Waals surface area contributed by atoms with E-state index in [1.165, 1.54) is 48.3 Å². The number of nitrogens with zero attached hydrogens (tertiary/aromatic N) is 4. The molecule has 5 atom stereocenters. The molecule has 15 heteroatoms. The van der Waals surface area contributed by atoms with Crippen molar-refractivity contribution in [1.29, 1.82) is 5.26 Å². The van der Waals surface area contributed by atoms with Gasteiger partial charge in [-0.25, -0.2) is 14.1 Å². The van der Waals surface area contributed by atoms with Crippen LogP contribution in [0, 0.1) is 11.5 Å². The van der Waals surface area contributed by atoms with Crippen molar-refractivity contribution in [2.45, 2.75) is 31.3 Å². The number of hydrogen-bond donors (Lipinski definition) is 4. The maximum atomic E-state index is 13.5. The lowest BCUT2D eigenvalue weighted by molar-refractivity contribution is -0.142. The van der Waals surface area contributed by atoms with Crippen molar-refractivity contribution < 1.29 is 38.1 Å². The van der Waals surface area contributed by atoms with Crippen molar-refractivity contribution in [1.82, 2.24) is 19.7 Å². The molecule has 14 nitrogen and oxygen atoms in total. The van der Waals surface area contributed by atoms with Gasteiger partial charge in [-0.05, 0) is 31.2 Å². The third-order valence-electron chi connectivity index (χ3n) is 5.01. The Labute approximate surface area is 205 Å². The number of nitriles is 1. The maximum Gasteiger partial charge on any atom is 0.459 e. The van der Waals surface area contributed by atoms with Gasteiger partial charge in [-0.3, -0.25) is 9.32 Å². The first-order valence-corrected chi connectivity index (χ1v) is 12.1. The molecule has 1 aromatic carbocycles. The molecule has 0 aliphatic rings. The first kappa shape index (κ1) is 26.9. The molecule has 36 heavy (non-hydrogen) atoms. The fourth-order valence-electron chi connectivity index (χ4n) is 3.19. The molecule has 0 aliphatic carbocycles. The highest BCUT2D eigenvalue weighted by Gasteiger charge is 2.37. The third kappa shape index (κ3) is 6.28. The molecule has 2 aromatic heterocycles. The molecular weight excluding hydrogens is 495 g/mol. The van der Waals surface area contributed by atoms with E-state index in [4.69, 9.17) is 24.8 Å². The van der Waals surface area contributed by atoms with E-state index in [1.807, 2.05) is 0 Å². The van der Waals surface area contributed by atoms with Crippen LogP contribution in [0.1, 0.15) is 18.7 Å². The quantitative estimate of drug-likeness (QED) is 0.149. The number of anilines is 1. The number of nitrogens with two attached hydrogens (primary N) is 1. The van der Waals surface area contributed by atoms with Crippen LogP contribution in [0.5, 0.6) is 5.75 Å². The third-order valence-corrected chi connectivity index (χ3v) is 6.65. The summed E-state index contributed by atoms with van der Waals surface area (Å²) in [6, 6.07) is 9.88. The maximum absolute atomic E-state index is 13.5. The van der Waals surface area contributed by atoms with Gasteiger partial charge in [0.25, 0.3) is 6.26 Å². The van der Waals surface area contributed by atoms with Crippen molar-refractivity contribution in [3.8, 4) is 12.0 Å². The van der Waals surface area contributed by atoms with Crippen LogP contribution in [0.4, 0.5) is 5.82 Å². The number of ether oxygens (including phenoxy) is 2. The normalized spacial score (nSPS) is 16.2. The van der Waals surface area contributed by atoms with Gasteiger partial charge in [0.2, 0.25) is 0 Å². The van der Waals surface area contributed by atoms with E-state index in [2.05, 4.69) is 19.9 Å². The zero-order valence-corrected chi connectivity index (χ0v) is 20.2. The van der Waals surface area contributed by atoms with E-state index in [-0.39, 0.29) is 17.3 Å². The molecule has 0 saturated carbocycles. The Hall–Kier alpha value is -3.73. The molecule has 3 aromatic rings. The van der Waals surface area contributed by atoms with Crippen molar-refractivity contribution >= 4 is 25.1 Å². The summed E-state index contributed by atoms with van der Waals surface area (Å²) in [5.41, 5.74) is 6.30. The summed E-state index contributed by atoms with van der Waals surface area (Å²) >= 11 is 0. The van der Waals surface area contributed by atoms with Crippen LogP contribution < -0.4 is 15.3 Å². The van der Waals surface area contributed by atoms with E-state index in [9.17, 15) is 19.6 Å². The van der Waals surface area contributed by atoms with Gasteiger partial charge in [-0.1, -0.05) is 18.2 Å². The summed E-state index contributed by atoms with van der Waals surface area (Å²) < 4.78 is 35.2. The predicted molar refractivity (Wildman–Crippen MR) is 124 cm³/mol. The Kier molecular flexibility index (Phi) is 8.81. The number of esters is 1. The van der Waals surface area contributed by atoms with Gasteiger partial charge < -0.3 is 29.9 Å². The van der Waals surface area contributed by atoms with Crippen molar-refractivity contribution in [3.05, 3.63) is 54.5 Å². The van der Waals surface area contributed by atoms with Gasteiger partial charge in [0.15, 0.2) is 11.9 Å². The predicted octanol–water partition coefficient (Wildman–Crippen LogP) is 0.927. The highest BCUT2D eigenvalue weighted by Crippen LogP contribution is 2.45. The number of fused-ring (bicyclic) bond motifs is 1. The zero-order chi connectivity index (χ0) is 26.3. The first-order chi connectivity index (χ1) is 17.2. The number of methoxy groups -OCH3 is 1. The number of aliphatic hydroxyl groups excluding tert-OH is 2. The summed E-state index contributed by atoms with van der Waals surface area (Å²) in [6.07, 6.45) is -2.29. The van der Waals surface area contributed by atoms with Gasteiger partial charge in [-0.15, -0.1) is 0 Å². The summed E-state index contributed by atoms with van der Waals surface area (Å²) in [4.78, 5) is 15.7. The van der Waals surface area contributed by atoms with Gasteiger partial charge in [0.05, 0.1) is 19.4 Å². The number of nitrogens with one attached hydrogen (secondary N) is 1. The fourth-order valence-corrected chi connectivity index (χ4v) is 4.70. The van der Waals surface area contributed by atoms with E-state index >= 15 is 0 Å². The van der Waals surface area contributed by atoms with E-state index in [0.717, 1.165) is 7.11 Å². The lowest BCUT2D eigenvalue weighted by atomic mass is 10.1. The van der Waals surface area contributed by atoms with E-state index in [1.54, 1.807) is 18.2 Å². The molecule has 0 aliphatic heterocycles. The molecule has 3 rings (SSSR count). The molecule has 2 heterocycles. The standard InChI is InChI=1S/C21H25N6O8P/c1-13(21(30)32-2)26-36(31,35-14-6-4-3-5-7-14)34-10-17(33-11-22)19(29)18(28)15-8-9-16-20(23)24-12-25-27(15)16/h3-9,12-13,17-19,28-29H,10H2,1-2H3,(H,26,31)(H2,23,24,25)/t13-,17+,18-,19+,36?/m0/s1. The number of aliphatic hydroxyl groups is 2. The minimum atomic E-state index is -4.29. The average Bonchev–Trinajstić information content (AvgIpc) is 3.31. The van der Waals surface area contributed by atoms with Crippen LogP contribution >= 0.6 is 7.75 Å². The molecule has 0 saturated heterocycles. The average molecular weight is 520 g/mol. The second-order valence-corrected chi connectivity index (χ2v) is 9.15. The number of carbonyl (C=O) groups excluding carboxylic acids is 1. The monoisotopic (exact) mass is 520 g/mol. The number of rotatable bonds is 12. The highest BCUT2D eigenvalue weighted by atomic mass is 31.2. The first-order valence-electron chi connectivity index (χ1n) is 10.5. The Balaban J connectivity index is 1.81. The summed E-state index contributed by atoms with van der Waals surface area (Å²) in [7, 11) is -3.14. The lowest BCUT2D eigenvalue weighted by Gasteiger charge is -2.27. The second kappa shape index (κ2) is 11.8. The SMILES string of the molecule is COC(=O)[C@H](C)NP(=O)(OC[C@@H](OC#N)[C@@H](O)[C@@H](O)c1ccc2c(N)ncnn12)Oc1ccccc1. The van der Waals surface area contributed by atoms with Crippen molar-refractivity contribution in [2.24, 2.45) is 0 Å². The highest BCUT2D eigenvalue weighted by molar-refractivity contribution is 7.52. The van der Waals surface area contributed by atoms with E-state index in [0.29, 0.717) is 5.52 Å². The van der Waals surface area contributed by atoms with Gasteiger partial charge in [-0.2, -0.15) is 15.4 Å². The van der Waals surface area contributed by atoms with Crippen molar-refractivity contribution in [3.63, 3.8) is 0 Å². The zero-order valence-electron chi connectivity index (χ0n) is 19.3. The fraction of sp³-hybridized carbons (Fsp3) is 0.333. The minimum Gasteiger partial charge on any atom is -0.468 e. The van der Waals surface area contributed by atoms with Gasteiger partial charge >= 0.3 is 13.7 Å². The molecule has 0 spiro atoms. The minimum absolute atomic E-state index is 0.124. The number of nitrogen functional groups attached to an aromatic ring is 1. The van der Waals surface area contributed by atoms with Crippen molar-refractivity contribution in [2.75, 3.05) is 19.5 Å². The second-order valence-electron chi connectivity index (χ2n) is 7.46. The molecule has 192 valence electrons. The van der Waals surface area contributed by atoms with Crippen LogP contribution in [0.15, 0.2) is 48.8 Å². The molecule has 0 amide bonds. The van der Waals surface area contributed by atoms with Crippen LogP contribution in [-0.2, 0) is 23.4 Å². The van der Waals surface area contributed by atoms with Crippen LogP contribution in [0.3, 0.4) is 0 Å². The summed E-state index contributed by atoms with van der Waals surface area (Å²) in [6.45, 7) is 0.695. The van der Waals surface area contributed by atoms with Crippen LogP contribution in [-0.4, -0.2) is 62.7 Å². The Morgan fingerprint density at radius 3 is 2.67 bits per heavy atom. The van der Waals surface area contributed by atoms with E-state index < -0.39 is 44.7 Å². The van der Waals surface area contributed by atoms with Gasteiger partial charge in [0.1, 0.15) is 35.8 Å². The molecule has 0 fully saturated rings. The summed E-state index contributed by atoms with van der Waals surface area (Å²) in [5.74, 6) is -0.436.